The molecule has 0 aliphatic carbocycles. The number of hydrogen-bond donors (Lipinski definition) is 0. The van der Waals surface area contributed by atoms with Crippen molar-refractivity contribution in [2.75, 3.05) is 19.8 Å². The molecular formula is C34H41F3O14S. The van der Waals surface area contributed by atoms with E-state index >= 15 is 0 Å². The zero-order valence-electron chi connectivity index (χ0n) is 28.7. The van der Waals surface area contributed by atoms with Gasteiger partial charge in [0.1, 0.15) is 42.7 Å². The summed E-state index contributed by atoms with van der Waals surface area (Å²) in [7, 11) is -5.32. The van der Waals surface area contributed by atoms with Crippen LogP contribution in [0.1, 0.15) is 45.1 Å². The summed E-state index contributed by atoms with van der Waals surface area (Å²) >= 11 is 0. The molecule has 0 spiro atoms. The van der Waals surface area contributed by atoms with Crippen LogP contribution in [0.5, 0.6) is 0 Å². The zero-order valence-corrected chi connectivity index (χ0v) is 29.5. The second-order valence-corrected chi connectivity index (χ2v) is 15.1. The monoisotopic (exact) mass is 762 g/mol. The third-order valence-corrected chi connectivity index (χ3v) is 9.78. The van der Waals surface area contributed by atoms with Gasteiger partial charge in [-0.3, -0.25) is 0 Å². The molecule has 0 radical (unpaired) electrons. The smallest absolute Gasteiger partial charge is 0.368 e. The molecule has 14 nitrogen and oxygen atoms in total. The molecule has 18 heteroatoms. The molecule has 2 aromatic carbocycles. The maximum absolute atomic E-state index is 13.1. The van der Waals surface area contributed by atoms with Crippen molar-refractivity contribution in [1.29, 1.82) is 0 Å². The van der Waals surface area contributed by atoms with Crippen molar-refractivity contribution in [3.8, 4) is 0 Å². The molecule has 7 rings (SSSR count). The highest BCUT2D eigenvalue weighted by Gasteiger charge is 2.61. The highest BCUT2D eigenvalue weighted by atomic mass is 32.3. The van der Waals surface area contributed by atoms with Crippen LogP contribution < -0.4 is 0 Å². The first kappa shape index (κ1) is 38.0. The molecule has 0 bridgehead atoms. The van der Waals surface area contributed by atoms with Gasteiger partial charge in [-0.1, -0.05) is 60.7 Å². The fourth-order valence-electron chi connectivity index (χ4n) is 6.84. The van der Waals surface area contributed by atoms with E-state index in [4.69, 9.17) is 51.6 Å². The molecule has 2 aromatic rings. The lowest BCUT2D eigenvalue weighted by Gasteiger charge is -2.48. The summed E-state index contributed by atoms with van der Waals surface area (Å²) in [6.07, 6.45) is -16.1. The van der Waals surface area contributed by atoms with E-state index in [1.165, 1.54) is 0 Å². The van der Waals surface area contributed by atoms with Gasteiger partial charge in [0.25, 0.3) is 0 Å². The Morgan fingerprint density at radius 1 is 0.769 bits per heavy atom. The van der Waals surface area contributed by atoms with E-state index in [0.717, 1.165) is 0 Å². The fraction of sp³-hybridized carbons (Fsp3) is 0.647. The molecule has 0 aromatic heterocycles. The Balaban J connectivity index is 1.17. The summed E-state index contributed by atoms with van der Waals surface area (Å²) in [4.78, 5) is 0. The molecule has 5 aliphatic rings. The first-order valence-electron chi connectivity index (χ1n) is 16.8. The molecular weight excluding hydrogens is 721 g/mol. The van der Waals surface area contributed by atoms with Crippen molar-refractivity contribution < 1.29 is 77.3 Å². The summed E-state index contributed by atoms with van der Waals surface area (Å²) < 4.78 is 136. The fourth-order valence-corrected chi connectivity index (χ4v) is 7.65. The van der Waals surface area contributed by atoms with E-state index in [0.29, 0.717) is 11.1 Å². The summed E-state index contributed by atoms with van der Waals surface area (Å²) in [5.74, 6) is -2.01. The van der Waals surface area contributed by atoms with Gasteiger partial charge in [0.05, 0.1) is 19.8 Å². The van der Waals surface area contributed by atoms with Gasteiger partial charge in [-0.15, -0.1) is 0 Å². The van der Waals surface area contributed by atoms with Crippen LogP contribution in [0, 0.1) is 0 Å². The predicted octanol–water partition coefficient (Wildman–Crippen LogP) is 4.03. The minimum atomic E-state index is -5.32. The van der Waals surface area contributed by atoms with Crippen molar-refractivity contribution in [2.24, 2.45) is 0 Å². The Kier molecular flexibility index (Phi) is 10.8. The lowest BCUT2D eigenvalue weighted by atomic mass is 9.97. The summed E-state index contributed by atoms with van der Waals surface area (Å²) in [5, 5.41) is 0. The van der Waals surface area contributed by atoms with Crippen LogP contribution >= 0.6 is 0 Å². The molecule has 288 valence electrons. The molecule has 1 unspecified atom stereocenters. The molecule has 5 fully saturated rings. The normalized spacial score (nSPS) is 36.9. The first-order valence-corrected chi connectivity index (χ1v) is 18.1. The molecule has 11 atom stereocenters. The Morgan fingerprint density at radius 2 is 1.42 bits per heavy atom. The van der Waals surface area contributed by atoms with E-state index in [2.05, 4.69) is 4.18 Å². The van der Waals surface area contributed by atoms with Crippen LogP contribution in [0.15, 0.2) is 60.7 Å². The second-order valence-electron chi connectivity index (χ2n) is 13.9. The zero-order chi connectivity index (χ0) is 36.9. The molecule has 5 aliphatic heterocycles. The summed E-state index contributed by atoms with van der Waals surface area (Å²) in [6.45, 7) is 4.42. The van der Waals surface area contributed by atoms with Crippen LogP contribution in [0.4, 0.5) is 13.2 Å². The minimum Gasteiger partial charge on any atom is -0.368 e. The number of hydrogen-bond acceptors (Lipinski definition) is 14. The molecule has 0 amide bonds. The van der Waals surface area contributed by atoms with E-state index in [9.17, 15) is 21.6 Å². The molecule has 5 heterocycles. The minimum absolute atomic E-state index is 0.0425. The molecule has 0 N–H and O–H groups in total. The number of alkyl halides is 3. The highest BCUT2D eigenvalue weighted by molar-refractivity contribution is 7.81. The molecule has 0 saturated carbocycles. The van der Waals surface area contributed by atoms with Gasteiger partial charge < -0.3 is 47.4 Å². The average Bonchev–Trinajstić information content (AvgIpc) is 3.59. The highest BCUT2D eigenvalue weighted by Crippen LogP contribution is 2.45. The van der Waals surface area contributed by atoms with Crippen molar-refractivity contribution in [3.63, 3.8) is 0 Å². The van der Waals surface area contributed by atoms with Crippen molar-refractivity contribution in [3.05, 3.63) is 71.8 Å². The maximum Gasteiger partial charge on any atom is 0.413 e. The number of ether oxygens (including phenoxy) is 10. The number of halogens is 3. The van der Waals surface area contributed by atoms with Crippen LogP contribution in [-0.4, -0.2) is 107 Å². The lowest BCUT2D eigenvalue weighted by Crippen LogP contribution is -2.64. The standard InChI is InChI=1S/C34H41F3O14S/c1-32(2)47-24-22(45-31-27(26(24)48-32)49-33(3,4)50-31)17-42-30-28(51-52(38,39)43-18-34(35,36)37)25(40-15-19-11-7-5-8-12-19)23-21(44-30)16-41-29(46-23)20-13-9-6-10-14-20/h5-14,21-31H,15-18H2,1-4H3/t21-,22-,23-,24+,25+,26+,27-,28-,29?,30+,31-/m1/s1. The average molecular weight is 763 g/mol. The third kappa shape index (κ3) is 8.80. The van der Waals surface area contributed by atoms with Gasteiger partial charge >= 0.3 is 16.6 Å². The van der Waals surface area contributed by atoms with Crippen molar-refractivity contribution >= 4 is 10.4 Å². The van der Waals surface area contributed by atoms with Gasteiger partial charge in [-0.25, -0.2) is 8.37 Å². The Bertz CT molecular complexity index is 1610. The Labute approximate surface area is 298 Å². The topological polar surface area (TPSA) is 145 Å². The van der Waals surface area contributed by atoms with E-state index in [1.807, 2.05) is 12.1 Å². The quantitative estimate of drug-likeness (QED) is 0.325. The van der Waals surface area contributed by atoms with Crippen molar-refractivity contribution in [1.82, 2.24) is 0 Å². The molecule has 52 heavy (non-hydrogen) atoms. The van der Waals surface area contributed by atoms with Gasteiger partial charge in [-0.05, 0) is 33.3 Å². The van der Waals surface area contributed by atoms with Gasteiger partial charge in [0.2, 0.25) is 0 Å². The first-order chi connectivity index (χ1) is 24.5. The predicted molar refractivity (Wildman–Crippen MR) is 168 cm³/mol. The van der Waals surface area contributed by atoms with E-state index in [-0.39, 0.29) is 19.8 Å². The molecule has 5 saturated heterocycles. The van der Waals surface area contributed by atoms with Gasteiger partial charge in [0, 0.05) is 5.56 Å². The van der Waals surface area contributed by atoms with Crippen LogP contribution in [0.25, 0.3) is 0 Å². The van der Waals surface area contributed by atoms with Crippen LogP contribution in [0.2, 0.25) is 0 Å². The third-order valence-electron chi connectivity index (χ3n) is 8.91. The number of benzene rings is 2. The van der Waals surface area contributed by atoms with Gasteiger partial charge in [-0.2, -0.15) is 21.6 Å². The van der Waals surface area contributed by atoms with E-state index in [1.54, 1.807) is 76.2 Å². The van der Waals surface area contributed by atoms with Crippen molar-refractivity contribution in [2.45, 2.75) is 120 Å². The van der Waals surface area contributed by atoms with E-state index < -0.39 is 102 Å². The number of fused-ring (bicyclic) bond motifs is 4. The Hall–Kier alpha value is -2.30. The van der Waals surface area contributed by atoms with Crippen LogP contribution in [0.3, 0.4) is 0 Å². The summed E-state index contributed by atoms with van der Waals surface area (Å²) in [5.41, 5.74) is 1.37. The summed E-state index contributed by atoms with van der Waals surface area (Å²) in [6, 6.07) is 17.9. The largest absolute Gasteiger partial charge is 0.413 e. The van der Waals surface area contributed by atoms with Gasteiger partial charge in [0.15, 0.2) is 43.2 Å². The van der Waals surface area contributed by atoms with Crippen LogP contribution in [-0.2, 0) is 72.7 Å². The lowest BCUT2D eigenvalue weighted by molar-refractivity contribution is -0.367. The second kappa shape index (κ2) is 14.7. The SMILES string of the molecule is CC1(C)O[C@H]2[C@@H](O1)[C@@H](CO[C@H]1O[C@@H]3COC(c4ccccc4)O[C@H]3[C@H](OCc3ccccc3)[C@H]1OS(=O)(=O)OCC(F)(F)F)O[C@@H]1OC(C)(C)O[C@@H]12. The maximum atomic E-state index is 13.1. The number of rotatable bonds is 11. The Morgan fingerprint density at radius 3 is 2.13 bits per heavy atom.